The highest BCUT2D eigenvalue weighted by molar-refractivity contribution is 9.10. The van der Waals surface area contributed by atoms with Crippen LogP contribution in [0, 0.1) is 0 Å². The molecule has 1 heterocycles. The zero-order valence-electron chi connectivity index (χ0n) is 9.12. The standard InChI is InChI=1S/C10H7BrCl2N4O/c1-18-7-3-5(11)2-6(4-7)14-10-16-8(12)15-9(13)17-10/h2-4H,1H3,(H,14,15,16,17). The van der Waals surface area contributed by atoms with Gasteiger partial charge in [-0.2, -0.15) is 15.0 Å². The zero-order valence-corrected chi connectivity index (χ0v) is 12.2. The van der Waals surface area contributed by atoms with Gasteiger partial charge in [0, 0.05) is 16.2 Å². The molecule has 1 aromatic heterocycles. The molecule has 0 fully saturated rings. The largest absolute Gasteiger partial charge is 0.497 e. The number of methoxy groups -OCH3 is 1. The molecule has 0 radical (unpaired) electrons. The highest BCUT2D eigenvalue weighted by Crippen LogP contribution is 2.26. The normalized spacial score (nSPS) is 10.2. The van der Waals surface area contributed by atoms with Crippen LogP contribution in [0.4, 0.5) is 11.6 Å². The van der Waals surface area contributed by atoms with Crippen LogP contribution in [0.3, 0.4) is 0 Å². The first-order valence-corrected chi connectivity index (χ1v) is 6.30. The summed E-state index contributed by atoms with van der Waals surface area (Å²) in [7, 11) is 1.59. The van der Waals surface area contributed by atoms with Crippen molar-refractivity contribution >= 4 is 50.8 Å². The van der Waals surface area contributed by atoms with E-state index in [9.17, 15) is 0 Å². The summed E-state index contributed by atoms with van der Waals surface area (Å²) in [6.07, 6.45) is 0. The molecule has 0 bridgehead atoms. The smallest absolute Gasteiger partial charge is 0.232 e. The Morgan fingerprint density at radius 3 is 2.39 bits per heavy atom. The summed E-state index contributed by atoms with van der Waals surface area (Å²) < 4.78 is 6.00. The highest BCUT2D eigenvalue weighted by Gasteiger charge is 2.05. The summed E-state index contributed by atoms with van der Waals surface area (Å²) in [5, 5.41) is 3.01. The van der Waals surface area contributed by atoms with Crippen molar-refractivity contribution in [2.24, 2.45) is 0 Å². The van der Waals surface area contributed by atoms with E-state index < -0.39 is 0 Å². The quantitative estimate of drug-likeness (QED) is 0.915. The van der Waals surface area contributed by atoms with Crippen LogP contribution in [0.5, 0.6) is 5.75 Å². The number of benzene rings is 1. The molecule has 0 aliphatic rings. The van der Waals surface area contributed by atoms with Crippen molar-refractivity contribution in [1.29, 1.82) is 0 Å². The van der Waals surface area contributed by atoms with E-state index in [-0.39, 0.29) is 16.5 Å². The van der Waals surface area contributed by atoms with Gasteiger partial charge in [-0.25, -0.2) is 0 Å². The average Bonchev–Trinajstić information content (AvgIpc) is 2.26. The molecule has 0 atom stereocenters. The van der Waals surface area contributed by atoms with Crippen LogP contribution in [-0.4, -0.2) is 22.1 Å². The summed E-state index contributed by atoms with van der Waals surface area (Å²) in [6, 6.07) is 5.46. The van der Waals surface area contributed by atoms with Crippen molar-refractivity contribution < 1.29 is 4.74 Å². The fourth-order valence-electron chi connectivity index (χ4n) is 1.26. The van der Waals surface area contributed by atoms with Gasteiger partial charge in [-0.15, -0.1) is 0 Å². The lowest BCUT2D eigenvalue weighted by atomic mass is 10.3. The predicted molar refractivity (Wildman–Crippen MR) is 73.8 cm³/mol. The summed E-state index contributed by atoms with van der Waals surface area (Å²) in [6.45, 7) is 0. The second-order valence-electron chi connectivity index (χ2n) is 3.20. The fraction of sp³-hybridized carbons (Fsp3) is 0.100. The lowest BCUT2D eigenvalue weighted by molar-refractivity contribution is 0.415. The van der Waals surface area contributed by atoms with E-state index in [2.05, 4.69) is 36.2 Å². The molecule has 5 nitrogen and oxygen atoms in total. The molecule has 1 N–H and O–H groups in total. The molecule has 18 heavy (non-hydrogen) atoms. The summed E-state index contributed by atoms with van der Waals surface area (Å²) in [4.78, 5) is 11.5. The SMILES string of the molecule is COc1cc(Br)cc(Nc2nc(Cl)nc(Cl)n2)c1. The van der Waals surface area contributed by atoms with Crippen molar-refractivity contribution in [1.82, 2.24) is 15.0 Å². The van der Waals surface area contributed by atoms with Gasteiger partial charge < -0.3 is 10.1 Å². The molecule has 0 amide bonds. The van der Waals surface area contributed by atoms with Crippen molar-refractivity contribution in [2.45, 2.75) is 0 Å². The van der Waals surface area contributed by atoms with E-state index in [4.69, 9.17) is 27.9 Å². The van der Waals surface area contributed by atoms with Gasteiger partial charge in [0.15, 0.2) is 0 Å². The Labute approximate surface area is 122 Å². The zero-order chi connectivity index (χ0) is 13.1. The summed E-state index contributed by atoms with van der Waals surface area (Å²) >= 11 is 14.7. The fourth-order valence-corrected chi connectivity index (χ4v) is 2.10. The molecule has 2 rings (SSSR count). The van der Waals surface area contributed by atoms with E-state index >= 15 is 0 Å². The lowest BCUT2D eigenvalue weighted by Gasteiger charge is -2.07. The Morgan fingerprint density at radius 2 is 1.78 bits per heavy atom. The number of hydrogen-bond donors (Lipinski definition) is 1. The van der Waals surface area contributed by atoms with Crippen molar-refractivity contribution in [3.63, 3.8) is 0 Å². The van der Waals surface area contributed by atoms with E-state index in [1.54, 1.807) is 13.2 Å². The molecule has 0 spiro atoms. The number of ether oxygens (including phenoxy) is 1. The minimum absolute atomic E-state index is 0.0273. The maximum atomic E-state index is 5.69. The van der Waals surface area contributed by atoms with E-state index in [1.165, 1.54) is 0 Å². The molecular formula is C10H7BrCl2N4O. The van der Waals surface area contributed by atoms with Crippen LogP contribution in [-0.2, 0) is 0 Å². The molecule has 1 aromatic carbocycles. The first kappa shape index (κ1) is 13.3. The second kappa shape index (κ2) is 5.69. The van der Waals surface area contributed by atoms with Gasteiger partial charge in [-0.1, -0.05) is 15.9 Å². The third-order valence-corrected chi connectivity index (χ3v) is 2.74. The van der Waals surface area contributed by atoms with Crippen molar-refractivity contribution in [3.8, 4) is 5.75 Å². The Morgan fingerprint density at radius 1 is 1.11 bits per heavy atom. The molecule has 0 saturated heterocycles. The molecule has 0 unspecified atom stereocenters. The molecule has 94 valence electrons. The van der Waals surface area contributed by atoms with Gasteiger partial charge >= 0.3 is 0 Å². The Balaban J connectivity index is 2.30. The van der Waals surface area contributed by atoms with Gasteiger partial charge in [-0.05, 0) is 35.3 Å². The van der Waals surface area contributed by atoms with Crippen molar-refractivity contribution in [2.75, 3.05) is 12.4 Å². The molecule has 8 heteroatoms. The third kappa shape index (κ3) is 3.44. The minimum Gasteiger partial charge on any atom is -0.497 e. The highest BCUT2D eigenvalue weighted by atomic mass is 79.9. The maximum Gasteiger partial charge on any atom is 0.232 e. The maximum absolute atomic E-state index is 5.69. The molecular weight excluding hydrogens is 343 g/mol. The Kier molecular flexibility index (Phi) is 4.21. The first-order valence-electron chi connectivity index (χ1n) is 4.75. The van der Waals surface area contributed by atoms with Crippen LogP contribution in [0.15, 0.2) is 22.7 Å². The van der Waals surface area contributed by atoms with Gasteiger partial charge in [0.25, 0.3) is 0 Å². The monoisotopic (exact) mass is 348 g/mol. The van der Waals surface area contributed by atoms with E-state index in [0.717, 1.165) is 10.2 Å². The van der Waals surface area contributed by atoms with Crippen LogP contribution in [0.1, 0.15) is 0 Å². The lowest BCUT2D eigenvalue weighted by Crippen LogP contribution is -1.99. The molecule has 0 saturated carbocycles. The molecule has 2 aromatic rings. The van der Waals surface area contributed by atoms with Crippen LogP contribution < -0.4 is 10.1 Å². The number of halogens is 3. The number of rotatable bonds is 3. The number of nitrogens with zero attached hydrogens (tertiary/aromatic N) is 3. The van der Waals surface area contributed by atoms with Crippen LogP contribution >= 0.6 is 39.1 Å². The van der Waals surface area contributed by atoms with E-state index in [1.807, 2.05) is 12.1 Å². The van der Waals surface area contributed by atoms with Gasteiger partial charge in [0.05, 0.1) is 7.11 Å². The minimum atomic E-state index is 0.0273. The number of nitrogens with one attached hydrogen (secondary N) is 1. The summed E-state index contributed by atoms with van der Waals surface area (Å²) in [5.74, 6) is 0.957. The Bertz CT molecular complexity index is 562. The van der Waals surface area contributed by atoms with Crippen LogP contribution in [0.2, 0.25) is 10.6 Å². The second-order valence-corrected chi connectivity index (χ2v) is 4.79. The Hall–Kier alpha value is -1.11. The number of hydrogen-bond acceptors (Lipinski definition) is 5. The first-order chi connectivity index (χ1) is 8.56. The van der Waals surface area contributed by atoms with Crippen molar-refractivity contribution in [3.05, 3.63) is 33.2 Å². The average molecular weight is 350 g/mol. The van der Waals surface area contributed by atoms with E-state index in [0.29, 0.717) is 5.75 Å². The van der Waals surface area contributed by atoms with Gasteiger partial charge in [0.1, 0.15) is 5.75 Å². The van der Waals surface area contributed by atoms with Gasteiger partial charge in [-0.3, -0.25) is 0 Å². The topological polar surface area (TPSA) is 59.9 Å². The predicted octanol–water partition coefficient (Wildman–Crippen LogP) is 3.69. The number of aromatic nitrogens is 3. The van der Waals surface area contributed by atoms with Crippen LogP contribution in [0.25, 0.3) is 0 Å². The molecule has 0 aliphatic carbocycles. The number of anilines is 2. The summed E-state index contributed by atoms with van der Waals surface area (Å²) in [5.41, 5.74) is 0.736. The third-order valence-electron chi connectivity index (χ3n) is 1.94. The molecule has 0 aliphatic heterocycles. The van der Waals surface area contributed by atoms with Gasteiger partial charge in [0.2, 0.25) is 16.5 Å².